The van der Waals surface area contributed by atoms with E-state index in [1.165, 1.54) is 49.9 Å². The molecule has 0 aromatic carbocycles. The highest BCUT2D eigenvalue weighted by Crippen LogP contribution is 2.56. The molecule has 2 aromatic rings. The lowest BCUT2D eigenvalue weighted by atomic mass is 9.82. The summed E-state index contributed by atoms with van der Waals surface area (Å²) in [4.78, 5) is 17.5. The van der Waals surface area contributed by atoms with E-state index in [-0.39, 0.29) is 18.1 Å². The molecule has 35 heavy (non-hydrogen) atoms. The molecule has 188 valence electrons. The van der Waals surface area contributed by atoms with Gasteiger partial charge in [-0.05, 0) is 62.5 Å². The minimum atomic E-state index is -0.0604. The Bertz CT molecular complexity index is 1010. The molecular weight excluding hydrogens is 464 g/mol. The van der Waals surface area contributed by atoms with Crippen LogP contribution in [0.5, 0.6) is 0 Å². The first kappa shape index (κ1) is 23.1. The maximum absolute atomic E-state index is 12.7. The van der Waals surface area contributed by atoms with Crippen LogP contribution in [0.3, 0.4) is 0 Å². The van der Waals surface area contributed by atoms with Gasteiger partial charge in [-0.25, -0.2) is 0 Å². The van der Waals surface area contributed by atoms with E-state index < -0.39 is 0 Å². The maximum atomic E-state index is 12.7. The molecule has 2 N–H and O–H groups in total. The van der Waals surface area contributed by atoms with E-state index in [1.807, 2.05) is 12.1 Å². The first-order valence-corrected chi connectivity index (χ1v) is 13.7. The summed E-state index contributed by atoms with van der Waals surface area (Å²) in [5, 5.41) is 24.1. The van der Waals surface area contributed by atoms with Crippen LogP contribution >= 0.6 is 11.3 Å². The summed E-state index contributed by atoms with van der Waals surface area (Å²) in [6.45, 7) is 4.28. The monoisotopic (exact) mass is 498 g/mol. The molecule has 0 radical (unpaired) electrons. The molecule has 4 heterocycles. The quantitative estimate of drug-likeness (QED) is 0.596. The van der Waals surface area contributed by atoms with E-state index in [0.29, 0.717) is 29.6 Å². The van der Waals surface area contributed by atoms with Gasteiger partial charge in [0.2, 0.25) is 16.2 Å². The molecular formula is C24H34N8O2S. The van der Waals surface area contributed by atoms with Gasteiger partial charge in [-0.15, -0.1) is 15.3 Å². The maximum Gasteiger partial charge on any atom is 0.228 e. The average Bonchev–Trinajstić information content (AvgIpc) is 3.25. The molecule has 6 rings (SSSR count). The van der Waals surface area contributed by atoms with Gasteiger partial charge in [-0.2, -0.15) is 5.10 Å². The second-order valence-corrected chi connectivity index (χ2v) is 11.5. The van der Waals surface area contributed by atoms with E-state index in [2.05, 4.69) is 40.8 Å². The molecule has 4 aliphatic rings. The summed E-state index contributed by atoms with van der Waals surface area (Å²) in [5.41, 5.74) is 0.714. The van der Waals surface area contributed by atoms with Crippen molar-refractivity contribution in [3.8, 4) is 0 Å². The van der Waals surface area contributed by atoms with Crippen LogP contribution in [-0.4, -0.2) is 82.2 Å². The van der Waals surface area contributed by atoms with Crippen LogP contribution in [0.4, 0.5) is 16.1 Å². The Morgan fingerprint density at radius 2 is 1.94 bits per heavy atom. The third-order valence-corrected chi connectivity index (χ3v) is 8.91. The standard InChI is InChI=1S/C24H34N8O2S/c33-21(14-19-16-31(12-13-34-19)18-3-6-24(7-4-18)8-9-24)27-23-30-29-22(35-23)26-17-5-11-32(15-17)20-2-1-10-25-28-20/h1-2,10,17-19H,3-9,11-16H2,(H,26,29)(H,27,30,33)/t17-,19-/m1/s1. The predicted octanol–water partition coefficient (Wildman–Crippen LogP) is 2.77. The van der Waals surface area contributed by atoms with Gasteiger partial charge in [0, 0.05) is 44.5 Å². The van der Waals surface area contributed by atoms with Crippen LogP contribution in [0.2, 0.25) is 0 Å². The summed E-state index contributed by atoms with van der Waals surface area (Å²) in [5.74, 6) is 0.829. The van der Waals surface area contributed by atoms with Crippen molar-refractivity contribution in [2.24, 2.45) is 5.41 Å². The molecule has 2 saturated heterocycles. The van der Waals surface area contributed by atoms with Crippen molar-refractivity contribution in [3.63, 3.8) is 0 Å². The summed E-state index contributed by atoms with van der Waals surface area (Å²) in [6, 6.07) is 4.79. The normalized spacial score (nSPS) is 26.7. The molecule has 0 bridgehead atoms. The number of aromatic nitrogens is 4. The van der Waals surface area contributed by atoms with Crippen molar-refractivity contribution in [1.82, 2.24) is 25.3 Å². The molecule has 11 heteroatoms. The number of ether oxygens (including phenoxy) is 1. The zero-order valence-electron chi connectivity index (χ0n) is 20.1. The van der Waals surface area contributed by atoms with Gasteiger partial charge in [-0.3, -0.25) is 9.69 Å². The number of hydrogen-bond donors (Lipinski definition) is 2. The lowest BCUT2D eigenvalue weighted by molar-refractivity contribution is -0.122. The third kappa shape index (κ3) is 5.57. The van der Waals surface area contributed by atoms with Crippen LogP contribution in [0.25, 0.3) is 0 Å². The average molecular weight is 499 g/mol. The number of rotatable bonds is 7. The SMILES string of the molecule is O=C(C[C@@H]1CN(C2CCC3(CC2)CC3)CCO1)Nc1nnc(N[C@@H]2CCN(c3cccnn3)C2)s1. The zero-order chi connectivity index (χ0) is 23.7. The van der Waals surface area contributed by atoms with E-state index in [9.17, 15) is 4.79 Å². The largest absolute Gasteiger partial charge is 0.375 e. The van der Waals surface area contributed by atoms with Crippen LogP contribution in [-0.2, 0) is 9.53 Å². The lowest BCUT2D eigenvalue weighted by Gasteiger charge is -2.41. The first-order valence-electron chi connectivity index (χ1n) is 12.9. The molecule has 1 spiro atoms. The van der Waals surface area contributed by atoms with Crippen molar-refractivity contribution in [1.29, 1.82) is 0 Å². The smallest absolute Gasteiger partial charge is 0.228 e. The van der Waals surface area contributed by atoms with Gasteiger partial charge < -0.3 is 20.3 Å². The van der Waals surface area contributed by atoms with E-state index in [0.717, 1.165) is 43.5 Å². The predicted molar refractivity (Wildman–Crippen MR) is 135 cm³/mol. The van der Waals surface area contributed by atoms with Gasteiger partial charge in [0.15, 0.2) is 5.82 Å². The molecule has 1 amide bonds. The molecule has 4 fully saturated rings. The van der Waals surface area contributed by atoms with E-state index in [4.69, 9.17) is 4.74 Å². The topological polar surface area (TPSA) is 108 Å². The van der Waals surface area contributed by atoms with Crippen LogP contribution in [0, 0.1) is 5.41 Å². The highest BCUT2D eigenvalue weighted by Gasteiger charge is 2.45. The highest BCUT2D eigenvalue weighted by molar-refractivity contribution is 7.19. The van der Waals surface area contributed by atoms with Crippen molar-refractivity contribution in [2.75, 3.05) is 48.3 Å². The van der Waals surface area contributed by atoms with Gasteiger partial charge in [0.1, 0.15) is 0 Å². The fourth-order valence-corrected chi connectivity index (χ4v) is 6.62. The van der Waals surface area contributed by atoms with E-state index >= 15 is 0 Å². The fraction of sp³-hybridized carbons (Fsp3) is 0.708. The van der Waals surface area contributed by atoms with Crippen molar-refractivity contribution in [2.45, 2.75) is 69.6 Å². The molecule has 2 atom stereocenters. The summed E-state index contributed by atoms with van der Waals surface area (Å²) in [6.07, 6.45) is 11.2. The lowest BCUT2D eigenvalue weighted by Crippen LogP contribution is -2.49. The third-order valence-electron chi connectivity index (χ3n) is 8.14. The van der Waals surface area contributed by atoms with Crippen molar-refractivity contribution < 1.29 is 9.53 Å². The summed E-state index contributed by atoms with van der Waals surface area (Å²) in [7, 11) is 0. The number of anilines is 3. The first-order chi connectivity index (χ1) is 17.1. The van der Waals surface area contributed by atoms with Gasteiger partial charge in [0.05, 0.1) is 19.1 Å². The second-order valence-electron chi connectivity index (χ2n) is 10.5. The van der Waals surface area contributed by atoms with Crippen molar-refractivity contribution in [3.05, 3.63) is 18.3 Å². The Morgan fingerprint density at radius 3 is 2.74 bits per heavy atom. The minimum absolute atomic E-state index is 0.0587. The number of nitrogens with one attached hydrogen (secondary N) is 2. The number of nitrogens with zero attached hydrogens (tertiary/aromatic N) is 6. The molecule has 0 unspecified atom stereocenters. The zero-order valence-corrected chi connectivity index (χ0v) is 20.9. The molecule has 2 saturated carbocycles. The fourth-order valence-electron chi connectivity index (χ4n) is 5.89. The van der Waals surface area contributed by atoms with Crippen LogP contribution < -0.4 is 15.5 Å². The van der Waals surface area contributed by atoms with Crippen LogP contribution in [0.15, 0.2) is 18.3 Å². The Hall–Kier alpha value is -2.37. The number of amides is 1. The molecule has 10 nitrogen and oxygen atoms in total. The Labute approximate surface area is 209 Å². The molecule has 2 aliphatic carbocycles. The number of carbonyl (C=O) groups is 1. The Morgan fingerprint density at radius 1 is 1.09 bits per heavy atom. The summed E-state index contributed by atoms with van der Waals surface area (Å²) < 4.78 is 5.94. The van der Waals surface area contributed by atoms with Crippen molar-refractivity contribution >= 4 is 33.3 Å². The Kier molecular flexibility index (Phi) is 6.55. The second kappa shape index (κ2) is 9.94. The highest BCUT2D eigenvalue weighted by atomic mass is 32.1. The Balaban J connectivity index is 0.951. The molecule has 2 aliphatic heterocycles. The number of morpholine rings is 1. The number of carbonyl (C=O) groups excluding carboxylic acids is 1. The van der Waals surface area contributed by atoms with Gasteiger partial charge in [-0.1, -0.05) is 11.3 Å². The summed E-state index contributed by atoms with van der Waals surface area (Å²) >= 11 is 1.37. The van der Waals surface area contributed by atoms with E-state index in [1.54, 1.807) is 6.20 Å². The number of hydrogen-bond acceptors (Lipinski definition) is 10. The van der Waals surface area contributed by atoms with Gasteiger partial charge >= 0.3 is 0 Å². The van der Waals surface area contributed by atoms with Crippen LogP contribution in [0.1, 0.15) is 51.4 Å². The molecule has 2 aromatic heterocycles. The van der Waals surface area contributed by atoms with Gasteiger partial charge in [0.25, 0.3) is 0 Å². The minimum Gasteiger partial charge on any atom is -0.375 e.